The molecule has 2 saturated heterocycles. The minimum absolute atomic E-state index is 0.00749. The molecule has 3 fully saturated rings. The number of fused-ring (bicyclic) bond motifs is 3. The van der Waals surface area contributed by atoms with Gasteiger partial charge in [0.15, 0.2) is 11.6 Å². The van der Waals surface area contributed by atoms with Gasteiger partial charge in [0.1, 0.15) is 31.0 Å². The van der Waals surface area contributed by atoms with Crippen LogP contribution < -0.4 is 11.5 Å². The SMILES string of the molecule is CO[C@H]1C(=O)[C@H](C)C[C@H](N)/C=C/C=C/C=C(\C)[C@@H](O)C[C@@H]2CC[C@@H](C)[C@@](O)(O2)C(=O)C(=O)N2CCCC[C@H]2C(=O)O[C@H]([C@@H](C)CC2CCC(OCCOCC(=O)OCC[Si](C)(C)C)CC2)CC(=O)[C@H](N)/C=C(\C)[C@H]1O. The molecule has 1 saturated carbocycles. The summed E-state index contributed by atoms with van der Waals surface area (Å²) in [6.07, 6.45) is 10.1. The van der Waals surface area contributed by atoms with Crippen LogP contribution >= 0.6 is 0 Å². The number of esters is 2. The predicted octanol–water partition coefficient (Wildman–Crippen LogP) is 5.21. The highest BCUT2D eigenvalue weighted by atomic mass is 28.3. The molecule has 1 aliphatic carbocycles. The molecule has 0 unspecified atom stereocenters. The maximum absolute atomic E-state index is 14.4. The van der Waals surface area contributed by atoms with Crippen molar-refractivity contribution in [1.82, 2.24) is 4.90 Å². The van der Waals surface area contributed by atoms with Crippen LogP contribution in [0.2, 0.25) is 25.7 Å². The summed E-state index contributed by atoms with van der Waals surface area (Å²) in [7, 11) is -0.00471. The molecule has 0 aromatic heterocycles. The predicted molar refractivity (Wildman–Crippen MR) is 285 cm³/mol. The fourth-order valence-electron chi connectivity index (χ4n) is 10.3. The molecule has 7 N–H and O–H groups in total. The van der Waals surface area contributed by atoms with E-state index in [1.165, 1.54) is 13.2 Å². The minimum atomic E-state index is -2.52. The zero-order valence-corrected chi connectivity index (χ0v) is 47.2. The Bertz CT molecular complexity index is 2030. The van der Waals surface area contributed by atoms with Gasteiger partial charge in [-0.15, -0.1) is 0 Å². The van der Waals surface area contributed by atoms with Gasteiger partial charge >= 0.3 is 11.9 Å². The number of aliphatic hydroxyl groups is 3. The standard InChI is InChI=1S/C56H91N3O15Si/c1-35-15-11-10-12-16-41(57)30-37(3)50(63)52(69-6)51(64)38(4)31-44(58)47(61)33-48(36(2)29-40-19-22-42(23-20-40)71-26-25-70-34-49(62)72-27-28-75(7,8)9)73-55(67)45-17-13-14-24-59(45)54(66)53(65)56(68)39(5)18-21-43(74-56)32-46(35)60/h10-12,15-16,31,36-37,39-46,48,51-52,60,64,68H,13-14,17-30,32-34,57-58H2,1-9H3/b11-10+,16-12+,35-15+,38-31+/t36-,37+,39+,40?,41+,42?,43-,44+,45-,46-,48-,51+,52-,56+/m0/s1. The van der Waals surface area contributed by atoms with Crippen LogP contribution in [0.25, 0.3) is 0 Å². The van der Waals surface area contributed by atoms with E-state index in [0.717, 1.165) is 36.6 Å². The Morgan fingerprint density at radius 3 is 2.29 bits per heavy atom. The maximum atomic E-state index is 14.4. The molecule has 19 heteroatoms. The number of ketones is 3. The largest absolute Gasteiger partial charge is 0.464 e. The first-order valence-electron chi connectivity index (χ1n) is 27.3. The maximum Gasteiger partial charge on any atom is 0.332 e. The number of allylic oxidation sites excluding steroid dienone is 4. The molecule has 3 heterocycles. The number of ether oxygens (including phenoxy) is 6. The zero-order valence-electron chi connectivity index (χ0n) is 46.2. The molecule has 12 atom stereocenters. The van der Waals surface area contributed by atoms with Crippen LogP contribution in [0.5, 0.6) is 0 Å². The number of hydrogen-bond acceptors (Lipinski definition) is 17. The minimum Gasteiger partial charge on any atom is -0.464 e. The van der Waals surface area contributed by atoms with Crippen molar-refractivity contribution >= 4 is 43.3 Å². The topological polar surface area (TPSA) is 274 Å². The van der Waals surface area contributed by atoms with Crippen molar-refractivity contribution in [1.29, 1.82) is 0 Å². The number of carbonyl (C=O) groups is 6. The number of nitrogens with zero attached hydrogens (tertiary/aromatic N) is 1. The van der Waals surface area contributed by atoms with Crippen molar-refractivity contribution in [2.24, 2.45) is 35.1 Å². The molecular formula is C56H91N3O15Si. The number of carbonyl (C=O) groups excluding carboxylic acids is 6. The smallest absolute Gasteiger partial charge is 0.332 e. The summed E-state index contributed by atoms with van der Waals surface area (Å²) in [5.74, 6) is -8.47. The molecule has 4 aliphatic rings. The van der Waals surface area contributed by atoms with Crippen LogP contribution in [-0.2, 0) is 57.2 Å². The number of amides is 1. The van der Waals surface area contributed by atoms with E-state index in [-0.39, 0.29) is 69.0 Å². The molecule has 18 nitrogen and oxygen atoms in total. The lowest BCUT2D eigenvalue weighted by molar-refractivity contribution is -0.265. The van der Waals surface area contributed by atoms with E-state index in [0.29, 0.717) is 50.9 Å². The Labute approximate surface area is 446 Å². The van der Waals surface area contributed by atoms with Gasteiger partial charge in [0.25, 0.3) is 11.7 Å². The van der Waals surface area contributed by atoms with Crippen molar-refractivity contribution in [3.05, 3.63) is 47.6 Å². The van der Waals surface area contributed by atoms with E-state index in [4.69, 9.17) is 39.9 Å². The molecule has 75 heavy (non-hydrogen) atoms. The van der Waals surface area contributed by atoms with Crippen molar-refractivity contribution in [2.45, 2.75) is 204 Å². The summed E-state index contributed by atoms with van der Waals surface area (Å²) in [4.78, 5) is 83.9. The average Bonchev–Trinajstić information content (AvgIpc) is 3.36. The molecule has 4 rings (SSSR count). The highest BCUT2D eigenvalue weighted by Crippen LogP contribution is 2.37. The Kier molecular flexibility index (Phi) is 25.8. The summed E-state index contributed by atoms with van der Waals surface area (Å²) >= 11 is 0. The molecule has 2 bridgehead atoms. The number of nitrogens with two attached hydrogens (primary N) is 2. The Hall–Kier alpha value is -3.76. The highest BCUT2D eigenvalue weighted by Gasteiger charge is 2.53. The van der Waals surface area contributed by atoms with E-state index < -0.39 is 110 Å². The number of piperidine rings is 1. The molecular weight excluding hydrogens is 983 g/mol. The number of Topliss-reactive ketones (excluding diaryl/α,β-unsaturated/α-hetero) is 3. The van der Waals surface area contributed by atoms with Crippen LogP contribution in [-0.4, -0.2) is 164 Å². The second kappa shape index (κ2) is 30.4. The first-order valence-corrected chi connectivity index (χ1v) is 31.0. The van der Waals surface area contributed by atoms with Gasteiger partial charge in [-0.2, -0.15) is 0 Å². The lowest BCUT2D eigenvalue weighted by Gasteiger charge is -2.42. The third kappa shape index (κ3) is 19.9. The van der Waals surface area contributed by atoms with Gasteiger partial charge in [0.2, 0.25) is 5.79 Å². The number of aliphatic hydroxyl groups excluding tert-OH is 2. The van der Waals surface area contributed by atoms with Gasteiger partial charge in [-0.1, -0.05) is 76.9 Å². The molecule has 1 amide bonds. The van der Waals surface area contributed by atoms with E-state index in [9.17, 15) is 44.1 Å². The van der Waals surface area contributed by atoms with Crippen LogP contribution in [0.1, 0.15) is 118 Å². The van der Waals surface area contributed by atoms with E-state index in [1.807, 2.05) is 6.92 Å². The van der Waals surface area contributed by atoms with E-state index in [1.54, 1.807) is 58.1 Å². The molecule has 0 aromatic rings. The van der Waals surface area contributed by atoms with Crippen molar-refractivity contribution in [3.63, 3.8) is 0 Å². The number of hydrogen-bond donors (Lipinski definition) is 5. The van der Waals surface area contributed by atoms with Crippen LogP contribution in [0.4, 0.5) is 0 Å². The monoisotopic (exact) mass is 1070 g/mol. The van der Waals surface area contributed by atoms with Crippen molar-refractivity contribution in [3.8, 4) is 0 Å². The molecule has 0 spiro atoms. The summed E-state index contributed by atoms with van der Waals surface area (Å²) in [6.45, 7) is 16.0. The fraction of sp³-hybridized carbons (Fsp3) is 0.750. The number of methoxy groups -OCH3 is 1. The second-order valence-corrected chi connectivity index (χ2v) is 28.5. The van der Waals surface area contributed by atoms with Gasteiger partial charge in [0.05, 0.1) is 44.2 Å². The second-order valence-electron chi connectivity index (χ2n) is 22.9. The van der Waals surface area contributed by atoms with Crippen LogP contribution in [0, 0.1) is 23.7 Å². The van der Waals surface area contributed by atoms with Gasteiger partial charge in [-0.05, 0) is 114 Å². The summed E-state index contributed by atoms with van der Waals surface area (Å²) in [5, 5.41) is 34.4. The molecule has 424 valence electrons. The summed E-state index contributed by atoms with van der Waals surface area (Å²) < 4.78 is 34.7. The molecule has 0 aromatic carbocycles. The third-order valence-corrected chi connectivity index (χ3v) is 17.1. The van der Waals surface area contributed by atoms with Gasteiger partial charge in [0, 0.05) is 52.4 Å². The molecule has 0 radical (unpaired) electrons. The van der Waals surface area contributed by atoms with Gasteiger partial charge in [-0.25, -0.2) is 9.59 Å². The van der Waals surface area contributed by atoms with E-state index >= 15 is 0 Å². The fourth-order valence-corrected chi connectivity index (χ4v) is 11.0. The Balaban J connectivity index is 1.55. The highest BCUT2D eigenvalue weighted by molar-refractivity contribution is 6.76. The van der Waals surface area contributed by atoms with Gasteiger partial charge < -0.3 is 60.1 Å². The first-order chi connectivity index (χ1) is 35.3. The lowest BCUT2D eigenvalue weighted by atomic mass is 9.79. The van der Waals surface area contributed by atoms with Crippen LogP contribution in [0.3, 0.4) is 0 Å². The van der Waals surface area contributed by atoms with Crippen molar-refractivity contribution < 1.29 is 72.5 Å². The van der Waals surface area contributed by atoms with Crippen molar-refractivity contribution in [2.75, 3.05) is 40.1 Å². The summed E-state index contributed by atoms with van der Waals surface area (Å²) in [5.41, 5.74) is 13.7. The average molecular weight is 1070 g/mol. The quantitative estimate of drug-likeness (QED) is 0.0521. The normalized spacial score (nSPS) is 35.8. The summed E-state index contributed by atoms with van der Waals surface area (Å²) in [6, 6.07) is -2.11. The number of cyclic esters (lactones) is 1. The van der Waals surface area contributed by atoms with Gasteiger partial charge in [-0.3, -0.25) is 19.2 Å². The first kappa shape index (κ1) is 63.8. The number of rotatable bonds is 13. The van der Waals surface area contributed by atoms with E-state index in [2.05, 4.69) is 19.6 Å². The molecule has 3 aliphatic heterocycles. The Morgan fingerprint density at radius 1 is 0.907 bits per heavy atom. The van der Waals surface area contributed by atoms with Crippen LogP contribution in [0.15, 0.2) is 47.6 Å². The lowest BCUT2D eigenvalue weighted by Crippen LogP contribution is -2.61. The zero-order chi connectivity index (χ0) is 55.6. The Morgan fingerprint density at radius 2 is 1.61 bits per heavy atom. The third-order valence-electron chi connectivity index (χ3n) is 15.4.